The molecule has 1 aliphatic carbocycles. The second-order valence-corrected chi connectivity index (χ2v) is 7.35. The Kier molecular flexibility index (Phi) is 3.94. The Morgan fingerprint density at radius 3 is 2.64 bits per heavy atom. The molecule has 2 heterocycles. The third kappa shape index (κ3) is 3.11. The maximum absolute atomic E-state index is 12.4. The zero-order chi connectivity index (χ0) is 17.6. The van der Waals surface area contributed by atoms with Gasteiger partial charge in [0.2, 0.25) is 5.95 Å². The molecule has 0 radical (unpaired) electrons. The molecular weight excluding hydrogens is 312 g/mol. The van der Waals surface area contributed by atoms with Crippen molar-refractivity contribution in [3.8, 4) is 0 Å². The molecule has 3 atom stereocenters. The van der Waals surface area contributed by atoms with Gasteiger partial charge in [-0.2, -0.15) is 0 Å². The largest absolute Gasteiger partial charge is 0.352 e. The Balaban J connectivity index is 1.41. The molecule has 5 heteroatoms. The van der Waals surface area contributed by atoms with Gasteiger partial charge in [-0.3, -0.25) is 4.79 Å². The average Bonchev–Trinajstić information content (AvgIpc) is 3.27. The number of anilines is 1. The van der Waals surface area contributed by atoms with E-state index in [0.29, 0.717) is 17.9 Å². The van der Waals surface area contributed by atoms with Crippen LogP contribution in [0.15, 0.2) is 30.3 Å². The van der Waals surface area contributed by atoms with Crippen LogP contribution in [0.5, 0.6) is 0 Å². The lowest BCUT2D eigenvalue weighted by Crippen LogP contribution is -2.34. The molecule has 0 bridgehead atoms. The fourth-order valence-corrected chi connectivity index (χ4v) is 4.02. The van der Waals surface area contributed by atoms with Gasteiger partial charge < -0.3 is 10.2 Å². The Morgan fingerprint density at radius 1 is 1.20 bits per heavy atom. The first kappa shape index (κ1) is 16.1. The van der Waals surface area contributed by atoms with E-state index < -0.39 is 0 Å². The van der Waals surface area contributed by atoms with E-state index in [1.165, 1.54) is 6.42 Å². The van der Waals surface area contributed by atoms with Crippen LogP contribution in [-0.2, 0) is 0 Å². The second-order valence-electron chi connectivity index (χ2n) is 7.35. The van der Waals surface area contributed by atoms with Crippen molar-refractivity contribution in [2.75, 3.05) is 18.0 Å². The van der Waals surface area contributed by atoms with Crippen molar-refractivity contribution in [3.63, 3.8) is 0 Å². The van der Waals surface area contributed by atoms with Crippen LogP contribution in [0, 0.1) is 32.6 Å². The van der Waals surface area contributed by atoms with E-state index >= 15 is 0 Å². The fourth-order valence-electron chi connectivity index (χ4n) is 4.02. The van der Waals surface area contributed by atoms with Crippen molar-refractivity contribution in [2.24, 2.45) is 11.8 Å². The van der Waals surface area contributed by atoms with Crippen LogP contribution in [0.1, 0.15) is 33.7 Å². The summed E-state index contributed by atoms with van der Waals surface area (Å²) in [6.45, 7) is 7.64. The quantitative estimate of drug-likeness (QED) is 0.932. The van der Waals surface area contributed by atoms with Gasteiger partial charge in [0, 0.05) is 36.1 Å². The first-order valence-corrected chi connectivity index (χ1v) is 8.95. The van der Waals surface area contributed by atoms with Crippen molar-refractivity contribution in [1.82, 2.24) is 15.3 Å². The fraction of sp³-hybridized carbons (Fsp3) is 0.450. The number of hydrogen-bond acceptors (Lipinski definition) is 4. The number of carbonyl (C=O) groups is 1. The number of amides is 1. The van der Waals surface area contributed by atoms with Gasteiger partial charge in [-0.05, 0) is 56.7 Å². The number of benzene rings is 1. The van der Waals surface area contributed by atoms with E-state index in [9.17, 15) is 4.79 Å². The molecule has 0 spiro atoms. The minimum atomic E-state index is 0.0244. The number of fused-ring (bicyclic) bond motifs is 1. The second kappa shape index (κ2) is 6.14. The van der Waals surface area contributed by atoms with Gasteiger partial charge >= 0.3 is 0 Å². The third-order valence-corrected chi connectivity index (χ3v) is 5.38. The molecule has 1 aliphatic heterocycles. The summed E-state index contributed by atoms with van der Waals surface area (Å²) in [5, 5.41) is 3.13. The molecule has 1 aromatic heterocycles. The lowest BCUT2D eigenvalue weighted by atomic mass is 10.0. The van der Waals surface area contributed by atoms with Gasteiger partial charge in [0.1, 0.15) is 0 Å². The van der Waals surface area contributed by atoms with E-state index in [1.54, 1.807) is 0 Å². The third-order valence-electron chi connectivity index (χ3n) is 5.38. The van der Waals surface area contributed by atoms with E-state index in [4.69, 9.17) is 0 Å². The highest BCUT2D eigenvalue weighted by molar-refractivity contribution is 5.95. The van der Waals surface area contributed by atoms with Crippen molar-refractivity contribution in [2.45, 2.75) is 33.2 Å². The van der Waals surface area contributed by atoms with Crippen molar-refractivity contribution < 1.29 is 4.79 Å². The zero-order valence-corrected chi connectivity index (χ0v) is 15.0. The Labute approximate surface area is 148 Å². The standard InChI is InChI=1S/C20H24N4O/c1-12-6-4-5-7-16(12)19(25)21-10-15-11-24(18-9-17(15)18)20-22-13(2)8-14(3)23-20/h4-8,15,17-18H,9-11H2,1-3H3,(H,21,25). The summed E-state index contributed by atoms with van der Waals surface area (Å²) in [6, 6.07) is 10.3. The van der Waals surface area contributed by atoms with Crippen LogP contribution in [0.2, 0.25) is 0 Å². The molecule has 5 nitrogen and oxygen atoms in total. The molecule has 130 valence electrons. The van der Waals surface area contributed by atoms with Crippen LogP contribution < -0.4 is 10.2 Å². The molecule has 4 rings (SSSR count). The Morgan fingerprint density at radius 2 is 1.92 bits per heavy atom. The van der Waals surface area contributed by atoms with Crippen LogP contribution >= 0.6 is 0 Å². The maximum atomic E-state index is 12.4. The topological polar surface area (TPSA) is 58.1 Å². The molecule has 2 fully saturated rings. The van der Waals surface area contributed by atoms with Gasteiger partial charge in [-0.25, -0.2) is 9.97 Å². The molecule has 1 amide bonds. The summed E-state index contributed by atoms with van der Waals surface area (Å²) >= 11 is 0. The highest BCUT2D eigenvalue weighted by Crippen LogP contribution is 2.49. The van der Waals surface area contributed by atoms with Crippen molar-refractivity contribution >= 4 is 11.9 Å². The monoisotopic (exact) mass is 336 g/mol. The molecule has 1 N–H and O–H groups in total. The van der Waals surface area contributed by atoms with Gasteiger partial charge in [-0.1, -0.05) is 18.2 Å². The molecule has 3 unspecified atom stereocenters. The first-order valence-electron chi connectivity index (χ1n) is 8.95. The van der Waals surface area contributed by atoms with Gasteiger partial charge in [0.05, 0.1) is 0 Å². The number of nitrogens with one attached hydrogen (secondary N) is 1. The van der Waals surface area contributed by atoms with Gasteiger partial charge in [-0.15, -0.1) is 0 Å². The highest BCUT2D eigenvalue weighted by Gasteiger charge is 2.54. The number of rotatable bonds is 4. The summed E-state index contributed by atoms with van der Waals surface area (Å²) in [5.41, 5.74) is 3.80. The molecule has 1 saturated carbocycles. The first-order chi connectivity index (χ1) is 12.0. The lowest BCUT2D eigenvalue weighted by molar-refractivity contribution is 0.0946. The van der Waals surface area contributed by atoms with Gasteiger partial charge in [0.15, 0.2) is 0 Å². The molecule has 25 heavy (non-hydrogen) atoms. The minimum absolute atomic E-state index is 0.0244. The molecule has 1 aromatic carbocycles. The van der Waals surface area contributed by atoms with E-state index in [-0.39, 0.29) is 5.91 Å². The maximum Gasteiger partial charge on any atom is 0.251 e. The predicted molar refractivity (Wildman–Crippen MR) is 97.7 cm³/mol. The summed E-state index contributed by atoms with van der Waals surface area (Å²) < 4.78 is 0. The Hall–Kier alpha value is -2.43. The normalized spacial score (nSPS) is 24.1. The number of aromatic nitrogens is 2. The van der Waals surface area contributed by atoms with Crippen molar-refractivity contribution in [3.05, 3.63) is 52.8 Å². The van der Waals surface area contributed by atoms with Crippen LogP contribution in [0.25, 0.3) is 0 Å². The number of hydrogen-bond donors (Lipinski definition) is 1. The summed E-state index contributed by atoms with van der Waals surface area (Å²) in [5.74, 6) is 2.00. The average molecular weight is 336 g/mol. The molecular formula is C20H24N4O. The summed E-state index contributed by atoms with van der Waals surface area (Å²) in [6.07, 6.45) is 1.18. The lowest BCUT2D eigenvalue weighted by Gasteiger charge is -2.21. The molecule has 2 aromatic rings. The minimum Gasteiger partial charge on any atom is -0.352 e. The van der Waals surface area contributed by atoms with Crippen LogP contribution in [0.4, 0.5) is 5.95 Å². The van der Waals surface area contributed by atoms with Crippen LogP contribution in [-0.4, -0.2) is 35.0 Å². The van der Waals surface area contributed by atoms with Crippen LogP contribution in [0.3, 0.4) is 0 Å². The van der Waals surface area contributed by atoms with Gasteiger partial charge in [0.25, 0.3) is 5.91 Å². The van der Waals surface area contributed by atoms with E-state index in [1.807, 2.05) is 51.1 Å². The van der Waals surface area contributed by atoms with E-state index in [0.717, 1.165) is 41.6 Å². The van der Waals surface area contributed by atoms with E-state index in [2.05, 4.69) is 20.2 Å². The number of nitrogens with zero attached hydrogens (tertiary/aromatic N) is 3. The number of piperidine rings is 1. The Bertz CT molecular complexity index is 799. The highest BCUT2D eigenvalue weighted by atomic mass is 16.1. The molecule has 1 saturated heterocycles. The summed E-state index contributed by atoms with van der Waals surface area (Å²) in [4.78, 5) is 24.0. The summed E-state index contributed by atoms with van der Waals surface area (Å²) in [7, 11) is 0. The number of carbonyl (C=O) groups excluding carboxylic acids is 1. The zero-order valence-electron chi connectivity index (χ0n) is 15.0. The molecule has 2 aliphatic rings. The smallest absolute Gasteiger partial charge is 0.251 e. The number of aryl methyl sites for hydroxylation is 3. The SMILES string of the molecule is Cc1cc(C)nc(N2CC(CNC(=O)c3ccccc3C)C3CC32)n1. The van der Waals surface area contributed by atoms with Crippen molar-refractivity contribution in [1.29, 1.82) is 0 Å². The predicted octanol–water partition coefficient (Wildman–Crippen LogP) is 2.66.